The van der Waals surface area contributed by atoms with Crippen molar-refractivity contribution in [3.8, 4) is 0 Å². The number of H-pyrrole nitrogens is 1. The van der Waals surface area contributed by atoms with E-state index in [4.69, 9.17) is 9.47 Å². The summed E-state index contributed by atoms with van der Waals surface area (Å²) in [7, 11) is -13.0. The maximum Gasteiger partial charge on any atom is 0.348 e. The second-order valence-electron chi connectivity index (χ2n) is 15.6. The standard InChI is InChI=1S/C45H39N7O13S4/c1-64-43(53)33-17-25(13-15-35(33)51-49-27-21-31-29(39(23-27)68(5,60)61)9-7-11-37(31)66(3,56)57)19-41-46-42(48-45(55)47-41)20-26-14-16-36(34(18-26)44(54)65-2)52-50-28-22-32-30(40(24-28)69(6,62)63)10-8-12-38(32)67(4,58)59/h7-18,21-24H,19-20H2,1-6H3,(H,46,47,48,55). The van der Waals surface area contributed by atoms with Gasteiger partial charge < -0.3 is 9.47 Å². The van der Waals surface area contributed by atoms with Gasteiger partial charge in [-0.05, 0) is 71.8 Å². The molecule has 0 fully saturated rings. The summed E-state index contributed by atoms with van der Waals surface area (Å²) >= 11 is 0. The van der Waals surface area contributed by atoms with Crippen molar-refractivity contribution in [3.63, 3.8) is 0 Å². The minimum absolute atomic E-state index is 0.0110. The highest BCUT2D eigenvalue weighted by Gasteiger charge is 2.22. The molecule has 0 radical (unpaired) electrons. The maximum absolute atomic E-state index is 13.0. The third-order valence-corrected chi connectivity index (χ3v) is 14.9. The number of esters is 2. The van der Waals surface area contributed by atoms with Gasteiger partial charge in [0.15, 0.2) is 39.3 Å². The van der Waals surface area contributed by atoms with E-state index < -0.39 is 57.0 Å². The SMILES string of the molecule is COC(=O)c1cc(Cc2nc(Cc3ccc(N=Nc4cc(S(C)(=O)=O)c5cccc(S(C)(=O)=O)c5c4)c(C(=O)OC)c3)[nH]c(=O)n2)ccc1N=Nc1cc(S(C)(=O)=O)c2cccc(S(C)(=O)=O)c2c1. The van der Waals surface area contributed by atoms with Crippen LogP contribution in [0.2, 0.25) is 0 Å². The average Bonchev–Trinajstić information content (AvgIpc) is 3.27. The quantitative estimate of drug-likeness (QED) is 0.0878. The summed E-state index contributed by atoms with van der Waals surface area (Å²) in [6, 6.07) is 22.6. The molecule has 0 unspecified atom stereocenters. The molecule has 69 heavy (non-hydrogen) atoms. The van der Waals surface area contributed by atoms with E-state index in [9.17, 15) is 48.1 Å². The molecule has 1 N–H and O–H groups in total. The third kappa shape index (κ3) is 11.1. The van der Waals surface area contributed by atoms with Gasteiger partial charge in [-0.25, -0.2) is 53.0 Å². The molecule has 0 spiro atoms. The lowest BCUT2D eigenvalue weighted by Crippen LogP contribution is -2.19. The molecular formula is C45H39N7O13S4. The van der Waals surface area contributed by atoms with E-state index in [1.165, 1.54) is 84.9 Å². The van der Waals surface area contributed by atoms with Crippen LogP contribution in [0, 0.1) is 0 Å². The fraction of sp³-hybridized carbons (Fsp3) is 0.178. The van der Waals surface area contributed by atoms with E-state index in [0.29, 0.717) is 11.1 Å². The number of fused-ring (bicyclic) bond motifs is 2. The Kier molecular flexibility index (Phi) is 13.6. The Morgan fingerprint density at radius 3 is 1.33 bits per heavy atom. The summed E-state index contributed by atoms with van der Waals surface area (Å²) < 4.78 is 112. The van der Waals surface area contributed by atoms with Crippen LogP contribution >= 0.6 is 0 Å². The molecule has 1 aromatic heterocycles. The Balaban J connectivity index is 1.17. The van der Waals surface area contributed by atoms with Gasteiger partial charge in [-0.1, -0.05) is 36.4 Å². The number of azo groups is 2. The molecule has 0 amide bonds. The molecule has 356 valence electrons. The molecule has 0 saturated carbocycles. The number of hydrogen-bond acceptors (Lipinski definition) is 19. The first-order valence-corrected chi connectivity index (χ1v) is 27.6. The van der Waals surface area contributed by atoms with Crippen LogP contribution in [0.4, 0.5) is 22.7 Å². The molecule has 24 heteroatoms. The zero-order valence-corrected chi connectivity index (χ0v) is 40.5. The number of sulfone groups is 4. The molecular weight excluding hydrogens is 975 g/mol. The van der Waals surface area contributed by atoms with E-state index in [2.05, 4.69) is 35.4 Å². The van der Waals surface area contributed by atoms with Crippen molar-refractivity contribution in [2.75, 3.05) is 39.2 Å². The third-order valence-electron chi connectivity index (χ3n) is 10.4. The highest BCUT2D eigenvalue weighted by molar-refractivity contribution is 7.92. The topological polar surface area (TPSA) is 297 Å². The number of rotatable bonds is 14. The first-order chi connectivity index (χ1) is 32.3. The van der Waals surface area contributed by atoms with Gasteiger partial charge in [-0.3, -0.25) is 4.98 Å². The van der Waals surface area contributed by atoms with Gasteiger partial charge in [-0.2, -0.15) is 15.2 Å². The van der Waals surface area contributed by atoms with Gasteiger partial charge in [0.2, 0.25) is 0 Å². The van der Waals surface area contributed by atoms with Crippen molar-refractivity contribution in [2.45, 2.75) is 32.4 Å². The first-order valence-electron chi connectivity index (χ1n) is 20.0. The number of aromatic amines is 1. The Morgan fingerprint density at radius 2 is 0.928 bits per heavy atom. The molecule has 1 heterocycles. The lowest BCUT2D eigenvalue weighted by molar-refractivity contribution is 0.0592. The number of hydrogen-bond donors (Lipinski definition) is 1. The molecule has 7 aromatic rings. The molecule has 0 aliphatic carbocycles. The second kappa shape index (κ2) is 18.9. The number of carbonyl (C=O) groups excluding carboxylic acids is 2. The molecule has 0 bridgehead atoms. The number of aromatic nitrogens is 3. The summed E-state index contributed by atoms with van der Waals surface area (Å²) in [6.07, 6.45) is 3.84. The Morgan fingerprint density at radius 1 is 0.507 bits per heavy atom. The van der Waals surface area contributed by atoms with Crippen LogP contribution in [0.25, 0.3) is 21.5 Å². The van der Waals surface area contributed by atoms with Crippen LogP contribution in [-0.4, -0.2) is 99.8 Å². The highest BCUT2D eigenvalue weighted by atomic mass is 32.2. The summed E-state index contributed by atoms with van der Waals surface area (Å²) in [6.45, 7) is 0. The molecule has 0 aliphatic heterocycles. The maximum atomic E-state index is 13.0. The van der Waals surface area contributed by atoms with Gasteiger partial charge in [-0.15, -0.1) is 10.2 Å². The lowest BCUT2D eigenvalue weighted by atomic mass is 10.1. The summed E-state index contributed by atoms with van der Waals surface area (Å²) in [5.74, 6) is -1.43. The van der Waals surface area contributed by atoms with E-state index in [0.717, 1.165) is 39.2 Å². The minimum atomic E-state index is -3.88. The molecule has 6 aromatic carbocycles. The number of methoxy groups -OCH3 is 2. The predicted molar refractivity (Wildman–Crippen MR) is 253 cm³/mol. The molecule has 0 aliphatic rings. The van der Waals surface area contributed by atoms with Gasteiger partial charge in [0.1, 0.15) is 23.0 Å². The summed E-state index contributed by atoms with van der Waals surface area (Å²) in [4.78, 5) is 49.3. The summed E-state index contributed by atoms with van der Waals surface area (Å²) in [5, 5.41) is 17.3. The lowest BCUT2D eigenvalue weighted by Gasteiger charge is -2.10. The van der Waals surface area contributed by atoms with E-state index >= 15 is 0 Å². The Hall–Kier alpha value is -7.41. The fourth-order valence-corrected chi connectivity index (χ4v) is 11.0. The number of carbonyl (C=O) groups is 2. The largest absolute Gasteiger partial charge is 0.465 e. The fourth-order valence-electron chi connectivity index (χ4n) is 7.34. The van der Waals surface area contributed by atoms with Crippen molar-refractivity contribution < 1.29 is 52.7 Å². The van der Waals surface area contributed by atoms with Crippen molar-refractivity contribution in [3.05, 3.63) is 141 Å². The first kappa shape index (κ1) is 49.5. The van der Waals surface area contributed by atoms with Crippen molar-refractivity contribution in [1.82, 2.24) is 15.0 Å². The molecule has 0 atom stereocenters. The monoisotopic (exact) mass is 1010 g/mol. The van der Waals surface area contributed by atoms with E-state index in [1.54, 1.807) is 12.1 Å². The Bertz CT molecular complexity index is 3650. The smallest absolute Gasteiger partial charge is 0.348 e. The van der Waals surface area contributed by atoms with Gasteiger partial charge >= 0.3 is 17.6 Å². The van der Waals surface area contributed by atoms with Crippen LogP contribution < -0.4 is 5.69 Å². The van der Waals surface area contributed by atoms with E-state index in [1.807, 2.05) is 0 Å². The van der Waals surface area contributed by atoms with Crippen LogP contribution in [0.3, 0.4) is 0 Å². The molecule has 7 rings (SSSR count). The number of benzene rings is 6. The number of nitrogens with zero attached hydrogens (tertiary/aromatic N) is 6. The van der Waals surface area contributed by atoms with Gasteiger partial charge in [0.25, 0.3) is 0 Å². The predicted octanol–water partition coefficient (Wildman–Crippen LogP) is 6.67. The van der Waals surface area contributed by atoms with Gasteiger partial charge in [0, 0.05) is 59.4 Å². The summed E-state index contributed by atoms with van der Waals surface area (Å²) in [5.41, 5.74) is 0.0312. The van der Waals surface area contributed by atoms with E-state index in [-0.39, 0.29) is 99.5 Å². The normalized spacial score (nSPS) is 12.6. The van der Waals surface area contributed by atoms with Crippen LogP contribution in [0.15, 0.2) is 142 Å². The number of nitrogens with one attached hydrogen (secondary N) is 1. The van der Waals surface area contributed by atoms with Crippen LogP contribution in [0.1, 0.15) is 43.5 Å². The zero-order valence-electron chi connectivity index (χ0n) is 37.3. The zero-order chi connectivity index (χ0) is 50.2. The highest BCUT2D eigenvalue weighted by Crippen LogP contribution is 2.36. The molecule has 0 saturated heterocycles. The van der Waals surface area contributed by atoms with Gasteiger partial charge in [0.05, 0.1) is 56.3 Å². The van der Waals surface area contributed by atoms with Crippen LogP contribution in [0.5, 0.6) is 0 Å². The van der Waals surface area contributed by atoms with Crippen LogP contribution in [-0.2, 0) is 61.7 Å². The second-order valence-corrected chi connectivity index (χ2v) is 23.6. The average molecular weight is 1010 g/mol. The van der Waals surface area contributed by atoms with Crippen molar-refractivity contribution in [1.29, 1.82) is 0 Å². The minimum Gasteiger partial charge on any atom is -0.465 e. The van der Waals surface area contributed by atoms with Crippen molar-refractivity contribution in [2.24, 2.45) is 20.5 Å². The van der Waals surface area contributed by atoms with Crippen molar-refractivity contribution >= 4 is 95.6 Å². The molecule has 20 nitrogen and oxygen atoms in total. The Labute approximate surface area is 394 Å². The number of ether oxygens (including phenoxy) is 2.